The predicted molar refractivity (Wildman–Crippen MR) is 160 cm³/mol. The first kappa shape index (κ1) is 33.2. The van der Waals surface area contributed by atoms with Gasteiger partial charge >= 0.3 is 5.97 Å². The maximum Gasteiger partial charge on any atom is 0.323 e. The van der Waals surface area contributed by atoms with Crippen LogP contribution in [0, 0.1) is 18.3 Å². The minimum absolute atomic E-state index is 0.0306. The van der Waals surface area contributed by atoms with E-state index in [2.05, 4.69) is 15.6 Å². The minimum Gasteiger partial charge on any atom is -0.462 e. The highest BCUT2D eigenvalue weighted by Crippen LogP contribution is 2.30. The van der Waals surface area contributed by atoms with Crippen LogP contribution < -0.4 is 16.4 Å². The number of aliphatic hydroxyl groups excluding tert-OH is 1. The Kier molecular flexibility index (Phi) is 10.9. The van der Waals surface area contributed by atoms with Crippen LogP contribution in [-0.4, -0.2) is 76.1 Å². The predicted octanol–water partition coefficient (Wildman–Crippen LogP) is 2.31. The van der Waals surface area contributed by atoms with Gasteiger partial charge in [-0.15, -0.1) is 11.3 Å². The summed E-state index contributed by atoms with van der Waals surface area (Å²) in [7, 11) is 0. The highest BCUT2D eigenvalue weighted by atomic mass is 32.1. The zero-order valence-electron chi connectivity index (χ0n) is 25.3. The van der Waals surface area contributed by atoms with Gasteiger partial charge in [0.25, 0.3) is 0 Å². The molecule has 1 fully saturated rings. The number of hydrogen-bond donors (Lipinski definition) is 4. The first-order chi connectivity index (χ1) is 19.6. The number of hydrogen-bond acceptors (Lipinski definition) is 9. The van der Waals surface area contributed by atoms with Crippen LogP contribution in [0.5, 0.6) is 0 Å². The zero-order chi connectivity index (χ0) is 31.4. The van der Waals surface area contributed by atoms with Gasteiger partial charge in [0.15, 0.2) is 0 Å². The fraction of sp³-hybridized carbons (Fsp3) is 0.567. The molecule has 11 nitrogen and oxygen atoms in total. The van der Waals surface area contributed by atoms with E-state index in [1.807, 2.05) is 65.8 Å². The Morgan fingerprint density at radius 2 is 1.81 bits per heavy atom. The van der Waals surface area contributed by atoms with E-state index >= 15 is 0 Å². The van der Waals surface area contributed by atoms with Crippen LogP contribution in [0.15, 0.2) is 29.8 Å². The van der Waals surface area contributed by atoms with Crippen LogP contribution in [0.1, 0.15) is 65.3 Å². The Balaban J connectivity index is 1.86. The molecule has 0 aliphatic carbocycles. The Hall–Kier alpha value is -3.35. The summed E-state index contributed by atoms with van der Waals surface area (Å²) in [6.07, 6.45) is -0.882. The lowest BCUT2D eigenvalue weighted by Gasteiger charge is -2.35. The van der Waals surface area contributed by atoms with E-state index in [4.69, 9.17) is 10.5 Å². The van der Waals surface area contributed by atoms with Crippen LogP contribution >= 0.6 is 11.3 Å². The monoisotopic (exact) mass is 601 g/mol. The van der Waals surface area contributed by atoms with Crippen molar-refractivity contribution in [2.75, 3.05) is 13.2 Å². The number of nitrogens with zero attached hydrogens (tertiary/aromatic N) is 2. The van der Waals surface area contributed by atoms with Gasteiger partial charge in [-0.1, -0.05) is 58.9 Å². The third-order valence-electron chi connectivity index (χ3n) is 7.35. The third kappa shape index (κ3) is 8.14. The molecule has 1 aromatic heterocycles. The van der Waals surface area contributed by atoms with Crippen molar-refractivity contribution in [3.8, 4) is 10.4 Å². The molecule has 1 saturated heterocycles. The molecule has 5 N–H and O–H groups in total. The number of aromatic nitrogens is 1. The van der Waals surface area contributed by atoms with Gasteiger partial charge in [-0.05, 0) is 29.4 Å². The lowest BCUT2D eigenvalue weighted by molar-refractivity contribution is -0.148. The van der Waals surface area contributed by atoms with E-state index in [9.17, 15) is 24.3 Å². The number of carbonyl (C=O) groups is 4. The molecule has 42 heavy (non-hydrogen) atoms. The number of ether oxygens (including phenoxy) is 1. The number of amides is 3. The maximum atomic E-state index is 13.7. The third-order valence-corrected chi connectivity index (χ3v) is 8.32. The van der Waals surface area contributed by atoms with Crippen molar-refractivity contribution in [1.29, 1.82) is 0 Å². The molecule has 0 spiro atoms. The molecule has 230 valence electrons. The van der Waals surface area contributed by atoms with E-state index in [0.29, 0.717) is 5.56 Å². The van der Waals surface area contributed by atoms with Crippen molar-refractivity contribution in [2.45, 2.75) is 85.2 Å². The SMILES string of the molecule is CC(=O)NC(C(=O)N1CC(O)CC1C(=O)NC(COC(=O)C(N)C(C)C)c1ccc(-c2scnc2C)cc1)C(C)(C)C. The topological polar surface area (TPSA) is 164 Å². The Bertz CT molecular complexity index is 1270. The lowest BCUT2D eigenvalue weighted by atomic mass is 9.85. The van der Waals surface area contributed by atoms with Gasteiger partial charge in [0, 0.05) is 19.9 Å². The Labute approximate surface area is 251 Å². The summed E-state index contributed by atoms with van der Waals surface area (Å²) in [5.74, 6) is -2.05. The number of benzene rings is 1. The molecule has 3 amide bonds. The fourth-order valence-corrected chi connectivity index (χ4v) is 5.60. The second kappa shape index (κ2) is 13.7. The van der Waals surface area contributed by atoms with E-state index in [1.54, 1.807) is 5.51 Å². The molecular weight excluding hydrogens is 558 g/mol. The summed E-state index contributed by atoms with van der Waals surface area (Å²) >= 11 is 1.52. The molecule has 5 atom stereocenters. The van der Waals surface area contributed by atoms with Crippen molar-refractivity contribution in [3.05, 3.63) is 41.0 Å². The fourth-order valence-electron chi connectivity index (χ4n) is 4.79. The zero-order valence-corrected chi connectivity index (χ0v) is 26.2. The first-order valence-electron chi connectivity index (χ1n) is 14.1. The van der Waals surface area contributed by atoms with Crippen LogP contribution in [0.4, 0.5) is 0 Å². The second-order valence-corrected chi connectivity index (χ2v) is 13.1. The summed E-state index contributed by atoms with van der Waals surface area (Å²) in [5, 5.41) is 16.1. The molecule has 12 heteroatoms. The number of aryl methyl sites for hydroxylation is 1. The number of aliphatic hydroxyl groups is 1. The smallest absolute Gasteiger partial charge is 0.323 e. The van der Waals surface area contributed by atoms with Crippen molar-refractivity contribution in [3.63, 3.8) is 0 Å². The molecule has 1 aliphatic rings. The number of thiazole rings is 1. The molecule has 5 unspecified atom stereocenters. The summed E-state index contributed by atoms with van der Waals surface area (Å²) in [5.41, 5.74) is 9.66. The quantitative estimate of drug-likeness (QED) is 0.302. The molecule has 2 heterocycles. The van der Waals surface area contributed by atoms with Crippen molar-refractivity contribution < 1.29 is 29.0 Å². The molecule has 1 aromatic carbocycles. The first-order valence-corrected chi connectivity index (χ1v) is 15.0. The number of β-amino-alcohol motifs (C(OH)–C–C–N with tert-alkyl or cyclic N) is 1. The van der Waals surface area contributed by atoms with Gasteiger partial charge in [0.2, 0.25) is 17.7 Å². The van der Waals surface area contributed by atoms with E-state index in [1.165, 1.54) is 23.2 Å². The number of nitrogens with two attached hydrogens (primary N) is 1. The summed E-state index contributed by atoms with van der Waals surface area (Å²) in [4.78, 5) is 58.4. The van der Waals surface area contributed by atoms with Gasteiger partial charge < -0.3 is 31.1 Å². The Morgan fingerprint density at radius 3 is 2.33 bits per heavy atom. The Morgan fingerprint density at radius 1 is 1.17 bits per heavy atom. The minimum atomic E-state index is -0.985. The van der Waals surface area contributed by atoms with E-state index in [-0.39, 0.29) is 31.4 Å². The lowest BCUT2D eigenvalue weighted by Crippen LogP contribution is -2.57. The summed E-state index contributed by atoms with van der Waals surface area (Å²) in [6, 6.07) is 4.05. The van der Waals surface area contributed by atoms with Gasteiger partial charge in [0.05, 0.1) is 28.2 Å². The van der Waals surface area contributed by atoms with Crippen molar-refractivity contribution in [1.82, 2.24) is 20.5 Å². The van der Waals surface area contributed by atoms with Crippen LogP contribution in [0.2, 0.25) is 0 Å². The second-order valence-electron chi connectivity index (χ2n) is 12.2. The molecule has 3 rings (SSSR count). The van der Waals surface area contributed by atoms with Crippen molar-refractivity contribution in [2.24, 2.45) is 17.1 Å². The van der Waals surface area contributed by atoms with E-state index < -0.39 is 53.5 Å². The maximum absolute atomic E-state index is 13.7. The molecule has 1 aliphatic heterocycles. The van der Waals surface area contributed by atoms with E-state index in [0.717, 1.165) is 16.1 Å². The van der Waals surface area contributed by atoms with Gasteiger partial charge in [-0.2, -0.15) is 0 Å². The molecule has 0 saturated carbocycles. The number of likely N-dealkylation sites (tertiary alicyclic amines) is 1. The van der Waals surface area contributed by atoms with Crippen LogP contribution in [0.3, 0.4) is 0 Å². The van der Waals surface area contributed by atoms with Gasteiger partial charge in [-0.25, -0.2) is 4.98 Å². The molecule has 2 aromatic rings. The largest absolute Gasteiger partial charge is 0.462 e. The van der Waals surface area contributed by atoms with Gasteiger partial charge in [-0.3, -0.25) is 19.2 Å². The van der Waals surface area contributed by atoms with Crippen LogP contribution in [-0.2, 0) is 23.9 Å². The standard InChI is InChI=1S/C30H43N5O6S/c1-16(2)24(31)29(40)41-14-22(19-8-10-20(11-9-19)25-17(3)32-15-42-25)34-27(38)23-12-21(37)13-35(23)28(39)26(30(5,6)7)33-18(4)36/h8-11,15-16,21-24,26,37H,12-14,31H2,1-7H3,(H,33,36)(H,34,38). The van der Waals surface area contributed by atoms with Crippen LogP contribution in [0.25, 0.3) is 10.4 Å². The number of esters is 1. The normalized spacial score (nSPS) is 19.2. The summed E-state index contributed by atoms with van der Waals surface area (Å²) in [6.45, 7) is 12.1. The number of carbonyl (C=O) groups excluding carboxylic acids is 4. The highest BCUT2D eigenvalue weighted by molar-refractivity contribution is 7.13. The highest BCUT2D eigenvalue weighted by Gasteiger charge is 2.44. The number of rotatable bonds is 10. The number of nitrogens with one attached hydrogen (secondary N) is 2. The molecule has 0 bridgehead atoms. The molecule has 0 radical (unpaired) electrons. The van der Waals surface area contributed by atoms with Crippen molar-refractivity contribution >= 4 is 35.0 Å². The average Bonchev–Trinajstić information content (AvgIpc) is 3.53. The summed E-state index contributed by atoms with van der Waals surface area (Å²) < 4.78 is 5.52. The van der Waals surface area contributed by atoms with Gasteiger partial charge in [0.1, 0.15) is 24.7 Å². The molecular formula is C30H43N5O6S. The average molecular weight is 602 g/mol.